The fourth-order valence-electron chi connectivity index (χ4n) is 3.15. The molecule has 2 aromatic carbocycles. The first kappa shape index (κ1) is 18.4. The number of hydrogen-bond acceptors (Lipinski definition) is 4. The predicted molar refractivity (Wildman–Crippen MR) is 99.4 cm³/mol. The summed E-state index contributed by atoms with van der Waals surface area (Å²) in [5, 5.41) is 3.11. The van der Waals surface area contributed by atoms with Gasteiger partial charge >= 0.3 is 0 Å². The van der Waals surface area contributed by atoms with Crippen molar-refractivity contribution in [3.63, 3.8) is 0 Å². The van der Waals surface area contributed by atoms with E-state index in [2.05, 4.69) is 5.32 Å². The lowest BCUT2D eigenvalue weighted by Gasteiger charge is -2.32. The minimum atomic E-state index is -0.168. The molecule has 0 saturated carbocycles. The van der Waals surface area contributed by atoms with Gasteiger partial charge in [-0.05, 0) is 31.0 Å². The highest BCUT2D eigenvalue weighted by atomic mass is 16.5. The van der Waals surface area contributed by atoms with Gasteiger partial charge in [-0.1, -0.05) is 36.4 Å². The number of carbonyl (C=O) groups excluding carboxylic acids is 1. The minimum Gasteiger partial charge on any atom is -0.496 e. The van der Waals surface area contributed by atoms with Gasteiger partial charge < -0.3 is 19.5 Å². The number of rotatable bonds is 6. The molecule has 1 aliphatic heterocycles. The van der Waals surface area contributed by atoms with Gasteiger partial charge in [0.15, 0.2) is 0 Å². The second-order valence-electron chi connectivity index (χ2n) is 6.41. The summed E-state index contributed by atoms with van der Waals surface area (Å²) >= 11 is 0. The van der Waals surface area contributed by atoms with Crippen LogP contribution in [0.15, 0.2) is 48.5 Å². The Morgan fingerprint density at radius 3 is 2.77 bits per heavy atom. The zero-order valence-electron chi connectivity index (χ0n) is 15.2. The quantitative estimate of drug-likeness (QED) is 0.865. The van der Waals surface area contributed by atoms with Crippen molar-refractivity contribution in [3.8, 4) is 5.75 Å². The number of carbonyl (C=O) groups is 1. The molecule has 138 valence electrons. The van der Waals surface area contributed by atoms with Crippen LogP contribution in [0.25, 0.3) is 0 Å². The summed E-state index contributed by atoms with van der Waals surface area (Å²) in [5.74, 6) is 0.600. The Balaban J connectivity index is 1.65. The third kappa shape index (κ3) is 4.42. The maximum Gasteiger partial charge on any atom is 0.251 e. The Bertz CT molecular complexity index is 732. The van der Waals surface area contributed by atoms with E-state index in [1.165, 1.54) is 0 Å². The Morgan fingerprint density at radius 1 is 1.19 bits per heavy atom. The van der Waals surface area contributed by atoms with Crippen LogP contribution in [0.4, 0.5) is 0 Å². The molecule has 2 atom stereocenters. The number of benzene rings is 2. The molecule has 5 nitrogen and oxygen atoms in total. The Morgan fingerprint density at radius 2 is 2.00 bits per heavy atom. The van der Waals surface area contributed by atoms with E-state index < -0.39 is 0 Å². The monoisotopic (exact) mass is 355 g/mol. The largest absolute Gasteiger partial charge is 0.496 e. The van der Waals surface area contributed by atoms with Crippen molar-refractivity contribution in [1.29, 1.82) is 0 Å². The number of nitrogens with one attached hydrogen (secondary N) is 1. The third-order valence-electron chi connectivity index (χ3n) is 4.68. The van der Waals surface area contributed by atoms with Gasteiger partial charge in [-0.3, -0.25) is 4.79 Å². The standard InChI is InChI=1S/C21H25NO4/c1-15-17(9-6-10-19(15)24-2)21(23)22-18-11-12-25-14-20(18)26-13-16-7-4-3-5-8-16/h3-10,18,20H,11-14H2,1-2H3,(H,22,23)/t18-,20-/m1/s1. The maximum atomic E-state index is 12.8. The van der Waals surface area contributed by atoms with Crippen LogP contribution in [0.5, 0.6) is 5.75 Å². The normalized spacial score (nSPS) is 19.8. The Labute approximate surface area is 154 Å². The van der Waals surface area contributed by atoms with Crippen molar-refractivity contribution in [2.45, 2.75) is 32.1 Å². The van der Waals surface area contributed by atoms with E-state index in [4.69, 9.17) is 14.2 Å². The molecule has 0 radical (unpaired) electrons. The van der Waals surface area contributed by atoms with Crippen LogP contribution < -0.4 is 10.1 Å². The van der Waals surface area contributed by atoms with E-state index in [9.17, 15) is 4.79 Å². The molecule has 0 aromatic heterocycles. The lowest BCUT2D eigenvalue weighted by atomic mass is 10.0. The maximum absolute atomic E-state index is 12.8. The van der Waals surface area contributed by atoms with E-state index >= 15 is 0 Å². The van der Waals surface area contributed by atoms with Crippen LogP contribution in [-0.4, -0.2) is 38.4 Å². The van der Waals surface area contributed by atoms with Crippen LogP contribution in [0.3, 0.4) is 0 Å². The third-order valence-corrected chi connectivity index (χ3v) is 4.68. The molecule has 0 aliphatic carbocycles. The Kier molecular flexibility index (Phi) is 6.26. The van der Waals surface area contributed by atoms with Crippen molar-refractivity contribution in [2.75, 3.05) is 20.3 Å². The van der Waals surface area contributed by atoms with Gasteiger partial charge in [-0.25, -0.2) is 0 Å². The summed E-state index contributed by atoms with van der Waals surface area (Å²) in [4.78, 5) is 12.8. The SMILES string of the molecule is COc1cccc(C(=O)N[C@@H]2CCOC[C@H]2OCc2ccccc2)c1C. The summed E-state index contributed by atoms with van der Waals surface area (Å²) in [6, 6.07) is 15.4. The second kappa shape index (κ2) is 8.83. The molecule has 1 saturated heterocycles. The second-order valence-corrected chi connectivity index (χ2v) is 6.41. The average molecular weight is 355 g/mol. The van der Waals surface area contributed by atoms with Crippen molar-refractivity contribution >= 4 is 5.91 Å². The first-order valence-corrected chi connectivity index (χ1v) is 8.86. The van der Waals surface area contributed by atoms with Gasteiger partial charge in [0.1, 0.15) is 11.9 Å². The van der Waals surface area contributed by atoms with Crippen LogP contribution in [0.2, 0.25) is 0 Å². The average Bonchev–Trinajstić information content (AvgIpc) is 2.68. The molecule has 1 heterocycles. The zero-order chi connectivity index (χ0) is 18.4. The van der Waals surface area contributed by atoms with Crippen LogP contribution in [-0.2, 0) is 16.1 Å². The molecule has 1 amide bonds. The van der Waals surface area contributed by atoms with E-state index in [0.717, 1.165) is 17.5 Å². The lowest BCUT2D eigenvalue weighted by Crippen LogP contribution is -2.50. The number of amides is 1. The Hall–Kier alpha value is -2.37. The lowest BCUT2D eigenvalue weighted by molar-refractivity contribution is -0.0736. The first-order chi connectivity index (χ1) is 12.7. The van der Waals surface area contributed by atoms with E-state index in [1.54, 1.807) is 7.11 Å². The molecule has 0 bridgehead atoms. The van der Waals surface area contributed by atoms with Gasteiger partial charge in [0, 0.05) is 17.7 Å². The van der Waals surface area contributed by atoms with Crippen LogP contribution in [0, 0.1) is 6.92 Å². The number of methoxy groups -OCH3 is 1. The molecular weight excluding hydrogens is 330 g/mol. The van der Waals surface area contributed by atoms with E-state index in [-0.39, 0.29) is 18.1 Å². The van der Waals surface area contributed by atoms with Crippen LogP contribution in [0.1, 0.15) is 27.9 Å². The summed E-state index contributed by atoms with van der Waals surface area (Å²) in [6.45, 7) is 3.49. The van der Waals surface area contributed by atoms with Crippen LogP contribution >= 0.6 is 0 Å². The predicted octanol–water partition coefficient (Wildman–Crippen LogP) is 3.11. The van der Waals surface area contributed by atoms with Gasteiger partial charge in [0.2, 0.25) is 0 Å². The van der Waals surface area contributed by atoms with Gasteiger partial charge in [0.25, 0.3) is 5.91 Å². The fraction of sp³-hybridized carbons (Fsp3) is 0.381. The summed E-state index contributed by atoms with van der Waals surface area (Å²) < 4.78 is 16.9. The molecule has 0 spiro atoms. The molecule has 5 heteroatoms. The highest BCUT2D eigenvalue weighted by Crippen LogP contribution is 2.22. The summed E-state index contributed by atoms with van der Waals surface area (Å²) in [6.07, 6.45) is 0.563. The molecule has 26 heavy (non-hydrogen) atoms. The molecule has 1 N–H and O–H groups in total. The van der Waals surface area contributed by atoms with E-state index in [0.29, 0.717) is 31.1 Å². The molecule has 1 aliphatic rings. The van der Waals surface area contributed by atoms with Gasteiger partial charge in [-0.15, -0.1) is 0 Å². The summed E-state index contributed by atoms with van der Waals surface area (Å²) in [7, 11) is 1.61. The first-order valence-electron chi connectivity index (χ1n) is 8.86. The molecular formula is C21H25NO4. The van der Waals surface area contributed by atoms with Crippen molar-refractivity contribution in [1.82, 2.24) is 5.32 Å². The summed E-state index contributed by atoms with van der Waals surface area (Å²) in [5.41, 5.74) is 2.56. The van der Waals surface area contributed by atoms with Crippen molar-refractivity contribution in [3.05, 3.63) is 65.2 Å². The molecule has 2 aromatic rings. The fourth-order valence-corrected chi connectivity index (χ4v) is 3.15. The van der Waals surface area contributed by atoms with E-state index in [1.807, 2.05) is 55.5 Å². The molecule has 1 fully saturated rings. The zero-order valence-corrected chi connectivity index (χ0v) is 15.2. The van der Waals surface area contributed by atoms with Gasteiger partial charge in [-0.2, -0.15) is 0 Å². The number of hydrogen-bond donors (Lipinski definition) is 1. The smallest absolute Gasteiger partial charge is 0.251 e. The molecule has 0 unspecified atom stereocenters. The highest BCUT2D eigenvalue weighted by molar-refractivity contribution is 5.96. The molecule has 3 rings (SSSR count). The number of ether oxygens (including phenoxy) is 3. The van der Waals surface area contributed by atoms with Gasteiger partial charge in [0.05, 0.1) is 26.4 Å². The minimum absolute atomic E-state index is 0.0782. The topological polar surface area (TPSA) is 56.8 Å². The van der Waals surface area contributed by atoms with Crippen molar-refractivity contribution in [2.24, 2.45) is 0 Å². The highest BCUT2D eigenvalue weighted by Gasteiger charge is 2.28. The van der Waals surface area contributed by atoms with Crippen molar-refractivity contribution < 1.29 is 19.0 Å².